The predicted octanol–water partition coefficient (Wildman–Crippen LogP) is 3.41. The first-order valence-corrected chi connectivity index (χ1v) is 8.15. The highest BCUT2D eigenvalue weighted by Crippen LogP contribution is 2.26. The lowest BCUT2D eigenvalue weighted by Crippen LogP contribution is -2.36. The van der Waals surface area contributed by atoms with Crippen molar-refractivity contribution in [2.75, 3.05) is 10.3 Å². The number of alkyl halides is 3. The van der Waals surface area contributed by atoms with Gasteiger partial charge in [0, 0.05) is 11.3 Å². The average molecular weight is 389 g/mol. The Hall–Kier alpha value is -3.49. The van der Waals surface area contributed by atoms with Crippen LogP contribution in [-0.4, -0.2) is 29.5 Å². The van der Waals surface area contributed by atoms with Gasteiger partial charge in [-0.05, 0) is 31.2 Å². The molecule has 1 atom stereocenters. The van der Waals surface area contributed by atoms with Gasteiger partial charge in [-0.2, -0.15) is 23.3 Å². The largest absolute Gasteiger partial charge is 0.454 e. The van der Waals surface area contributed by atoms with E-state index in [-0.39, 0.29) is 11.4 Å². The topological polar surface area (TPSA) is 78.8 Å². The molecule has 0 fully saturated rings. The number of benzene rings is 2. The minimum absolute atomic E-state index is 0.0288. The number of rotatable bonds is 4. The number of carbonyl (C=O) groups excluding carboxylic acids is 3. The van der Waals surface area contributed by atoms with E-state index >= 15 is 0 Å². The van der Waals surface area contributed by atoms with Crippen LogP contribution in [0, 0.1) is 5.92 Å². The van der Waals surface area contributed by atoms with Crippen LogP contribution in [0.25, 0.3) is 0 Å². The Kier molecular flexibility index (Phi) is 5.00. The Labute approximate surface area is 157 Å². The van der Waals surface area contributed by atoms with E-state index in [0.29, 0.717) is 5.69 Å². The smallest absolute Gasteiger partial charge is 0.325 e. The van der Waals surface area contributed by atoms with E-state index in [2.05, 4.69) is 10.4 Å². The van der Waals surface area contributed by atoms with Crippen LogP contribution in [0.3, 0.4) is 0 Å². The maximum atomic E-state index is 12.6. The molecule has 0 saturated heterocycles. The maximum Gasteiger partial charge on any atom is 0.454 e. The lowest BCUT2D eigenvalue weighted by Gasteiger charge is -2.14. The highest BCUT2D eigenvalue weighted by molar-refractivity contribution is 6.28. The summed E-state index contributed by atoms with van der Waals surface area (Å²) >= 11 is 0. The fraction of sp³-hybridized carbons (Fsp3) is 0.158. The highest BCUT2D eigenvalue weighted by Gasteiger charge is 2.41. The number of amides is 2. The van der Waals surface area contributed by atoms with Crippen LogP contribution in [-0.2, 0) is 9.59 Å². The Morgan fingerprint density at radius 1 is 1.07 bits per heavy atom. The molecule has 1 aliphatic rings. The van der Waals surface area contributed by atoms with Crippen molar-refractivity contribution in [3.05, 3.63) is 60.2 Å². The third-order valence-electron chi connectivity index (χ3n) is 4.04. The summed E-state index contributed by atoms with van der Waals surface area (Å²) in [5.41, 5.74) is 0.0898. The normalized spacial score (nSPS) is 16.7. The van der Waals surface area contributed by atoms with Crippen LogP contribution in [0.2, 0.25) is 0 Å². The van der Waals surface area contributed by atoms with Crippen LogP contribution in [0.4, 0.5) is 24.5 Å². The summed E-state index contributed by atoms with van der Waals surface area (Å²) in [6, 6.07) is 12.9. The van der Waals surface area contributed by atoms with Crippen molar-refractivity contribution in [2.24, 2.45) is 11.0 Å². The number of hydrazone groups is 1. The van der Waals surface area contributed by atoms with Crippen LogP contribution in [0.15, 0.2) is 59.7 Å². The molecular formula is C19H14F3N3O3. The number of para-hydroxylation sites is 1. The van der Waals surface area contributed by atoms with Crippen molar-refractivity contribution < 1.29 is 27.6 Å². The first-order chi connectivity index (χ1) is 13.2. The molecule has 144 valence electrons. The van der Waals surface area contributed by atoms with Gasteiger partial charge in [0.1, 0.15) is 0 Å². The molecule has 2 aromatic carbocycles. The monoisotopic (exact) mass is 389 g/mol. The number of carbonyl (C=O) groups is 3. The number of nitrogens with one attached hydrogen (secondary N) is 1. The minimum atomic E-state index is -5.02. The molecular weight excluding hydrogens is 375 g/mol. The van der Waals surface area contributed by atoms with Gasteiger partial charge in [-0.15, -0.1) is 0 Å². The summed E-state index contributed by atoms with van der Waals surface area (Å²) < 4.78 is 37.7. The van der Waals surface area contributed by atoms with Crippen molar-refractivity contribution >= 4 is 34.7 Å². The minimum Gasteiger partial charge on any atom is -0.325 e. The van der Waals surface area contributed by atoms with Crippen molar-refractivity contribution in [3.63, 3.8) is 0 Å². The maximum absolute atomic E-state index is 12.6. The molecule has 0 spiro atoms. The lowest BCUT2D eigenvalue weighted by atomic mass is 10.0. The molecule has 2 amide bonds. The molecule has 1 aliphatic heterocycles. The molecule has 0 aliphatic carbocycles. The molecule has 6 nitrogen and oxygen atoms in total. The number of anilines is 2. The summed E-state index contributed by atoms with van der Waals surface area (Å²) in [5.74, 6) is -4.57. The van der Waals surface area contributed by atoms with Crippen LogP contribution in [0.5, 0.6) is 0 Å². The fourth-order valence-electron chi connectivity index (χ4n) is 2.74. The summed E-state index contributed by atoms with van der Waals surface area (Å²) in [6.07, 6.45) is -5.02. The molecule has 1 unspecified atom stereocenters. The van der Waals surface area contributed by atoms with Gasteiger partial charge in [0.05, 0.1) is 11.4 Å². The van der Waals surface area contributed by atoms with Gasteiger partial charge in [-0.3, -0.25) is 14.4 Å². The molecule has 9 heteroatoms. The zero-order valence-corrected chi connectivity index (χ0v) is 14.5. The number of hydrogen-bond donors (Lipinski definition) is 1. The van der Waals surface area contributed by atoms with E-state index in [1.807, 2.05) is 0 Å². The van der Waals surface area contributed by atoms with Crippen molar-refractivity contribution in [3.8, 4) is 0 Å². The SMILES string of the molecule is CC1=NN(c2ccccc2)C(=O)C1C(=O)Nc1cccc(C(=O)C(F)(F)F)c1. The van der Waals surface area contributed by atoms with Crippen molar-refractivity contribution in [1.82, 2.24) is 0 Å². The highest BCUT2D eigenvalue weighted by atomic mass is 19.4. The second-order valence-electron chi connectivity index (χ2n) is 6.06. The van der Waals surface area contributed by atoms with E-state index in [9.17, 15) is 27.6 Å². The summed E-state index contributed by atoms with van der Waals surface area (Å²) in [5, 5.41) is 7.58. The van der Waals surface area contributed by atoms with Crippen molar-refractivity contribution in [1.29, 1.82) is 0 Å². The second-order valence-corrected chi connectivity index (χ2v) is 6.06. The second kappa shape index (κ2) is 7.26. The molecule has 3 rings (SSSR count). The van der Waals surface area contributed by atoms with E-state index in [0.717, 1.165) is 17.1 Å². The first kappa shape index (κ1) is 19.3. The van der Waals surface area contributed by atoms with Gasteiger partial charge in [0.2, 0.25) is 5.91 Å². The number of nitrogens with zero attached hydrogens (tertiary/aromatic N) is 2. The third-order valence-corrected chi connectivity index (χ3v) is 4.04. The summed E-state index contributed by atoms with van der Waals surface area (Å²) in [6.45, 7) is 1.51. The van der Waals surface area contributed by atoms with E-state index < -0.39 is 35.3 Å². The Morgan fingerprint density at radius 3 is 2.39 bits per heavy atom. The van der Waals surface area contributed by atoms with E-state index in [1.54, 1.807) is 30.3 Å². The standard InChI is InChI=1S/C19H14F3N3O3/c1-11-15(18(28)25(24-11)14-8-3-2-4-9-14)17(27)23-13-7-5-6-12(10-13)16(26)19(20,21)22/h2-10,15H,1H3,(H,23,27). The van der Waals surface area contributed by atoms with Crippen LogP contribution in [0.1, 0.15) is 17.3 Å². The van der Waals surface area contributed by atoms with Gasteiger partial charge in [0.15, 0.2) is 5.92 Å². The molecule has 0 bridgehead atoms. The molecule has 0 aromatic heterocycles. The zero-order valence-electron chi connectivity index (χ0n) is 14.5. The Bertz CT molecular complexity index is 971. The lowest BCUT2D eigenvalue weighted by molar-refractivity contribution is -0.127. The predicted molar refractivity (Wildman–Crippen MR) is 96.0 cm³/mol. The Balaban J connectivity index is 1.78. The van der Waals surface area contributed by atoms with Gasteiger partial charge < -0.3 is 5.32 Å². The molecule has 1 heterocycles. The van der Waals surface area contributed by atoms with E-state index in [1.165, 1.54) is 19.1 Å². The van der Waals surface area contributed by atoms with Gasteiger partial charge in [-0.1, -0.05) is 30.3 Å². The van der Waals surface area contributed by atoms with Gasteiger partial charge >= 0.3 is 6.18 Å². The summed E-state index contributed by atoms with van der Waals surface area (Å²) in [4.78, 5) is 36.5. The van der Waals surface area contributed by atoms with Crippen molar-refractivity contribution in [2.45, 2.75) is 13.1 Å². The number of hydrogen-bond acceptors (Lipinski definition) is 4. The number of ketones is 1. The van der Waals surface area contributed by atoms with Crippen LogP contribution < -0.4 is 10.3 Å². The quantitative estimate of drug-likeness (QED) is 0.643. The molecule has 28 heavy (non-hydrogen) atoms. The zero-order chi connectivity index (χ0) is 20.5. The third kappa shape index (κ3) is 3.78. The average Bonchev–Trinajstić information content (AvgIpc) is 2.95. The number of Topliss-reactive ketones (excluding diaryl/α,β-unsaturated/α-hetero) is 1. The van der Waals surface area contributed by atoms with E-state index in [4.69, 9.17) is 0 Å². The summed E-state index contributed by atoms with van der Waals surface area (Å²) in [7, 11) is 0. The molecule has 2 aromatic rings. The fourth-order valence-corrected chi connectivity index (χ4v) is 2.74. The molecule has 1 N–H and O–H groups in total. The molecule has 0 radical (unpaired) electrons. The molecule has 0 saturated carbocycles. The Morgan fingerprint density at radius 2 is 1.75 bits per heavy atom. The van der Waals surface area contributed by atoms with Gasteiger partial charge in [0.25, 0.3) is 11.7 Å². The number of halogens is 3. The first-order valence-electron chi connectivity index (χ1n) is 8.15. The van der Waals surface area contributed by atoms with Crippen LogP contribution >= 0.6 is 0 Å². The van der Waals surface area contributed by atoms with Gasteiger partial charge in [-0.25, -0.2) is 0 Å².